The molecule has 0 aliphatic heterocycles. The first-order chi connectivity index (χ1) is 15.4. The van der Waals surface area contributed by atoms with Crippen molar-refractivity contribution in [1.29, 1.82) is 0 Å². The largest absolute Gasteiger partial charge is 0.460 e. The Labute approximate surface area is 187 Å². The molecule has 0 saturated heterocycles. The first-order valence-corrected chi connectivity index (χ1v) is 9.34. The Morgan fingerprint density at radius 2 is 0.943 bits per heavy atom. The van der Waals surface area contributed by atoms with Gasteiger partial charge in [0.1, 0.15) is 0 Å². The number of hydrogen-bond acceptors (Lipinski definition) is 3. The van der Waals surface area contributed by atoms with Crippen LogP contribution in [0, 0.1) is 0 Å². The van der Waals surface area contributed by atoms with E-state index in [-0.39, 0.29) is 25.7 Å². The van der Waals surface area contributed by atoms with E-state index in [0.29, 0.717) is 0 Å². The lowest BCUT2D eigenvalue weighted by Crippen LogP contribution is -2.59. The number of aliphatic hydroxyl groups excluding tert-OH is 1. The third kappa shape index (κ3) is 7.70. The maximum absolute atomic E-state index is 13.1. The molecule has 0 aromatic carbocycles. The molecule has 5 nitrogen and oxygen atoms in total. The van der Waals surface area contributed by atoms with Gasteiger partial charge in [-0.05, 0) is 19.3 Å². The smallest absolute Gasteiger partial charge is 0.393 e. The summed E-state index contributed by atoms with van der Waals surface area (Å²) >= 11 is 0. The number of carbonyl (C=O) groups excluding carboxylic acids is 2. The van der Waals surface area contributed by atoms with Crippen LogP contribution in [0.25, 0.3) is 0 Å². The first kappa shape index (κ1) is 32.9. The summed E-state index contributed by atoms with van der Waals surface area (Å²) in [6.07, 6.45) is -16.0. The maximum Gasteiger partial charge on any atom is 0.460 e. The van der Waals surface area contributed by atoms with Crippen LogP contribution in [0.1, 0.15) is 32.1 Å². The highest BCUT2D eigenvalue weighted by atomic mass is 19.4. The van der Waals surface area contributed by atoms with Gasteiger partial charge in [-0.1, -0.05) is 12.8 Å². The van der Waals surface area contributed by atoms with Gasteiger partial charge in [0.05, 0.1) is 6.10 Å². The van der Waals surface area contributed by atoms with E-state index in [0.717, 1.165) is 5.32 Å². The van der Waals surface area contributed by atoms with Crippen LogP contribution in [0.15, 0.2) is 0 Å². The van der Waals surface area contributed by atoms with Crippen molar-refractivity contribution in [2.45, 2.75) is 74.3 Å². The second-order valence-electron chi connectivity index (χ2n) is 7.10. The fraction of sp³-hybridized carbons (Fsp3) is 0.875. The van der Waals surface area contributed by atoms with Crippen molar-refractivity contribution in [3.05, 3.63) is 0 Å². The minimum atomic E-state index is -6.72. The predicted molar refractivity (Wildman–Crippen MR) is 87.0 cm³/mol. The molecular formula is C16H18F14N2O3. The molecule has 0 aliphatic carbocycles. The standard InChI is InChI=1S/C16H18F14N2O3/c17-11(18,13(21,22)15(25,26)27)9(34)31-6-3-1-2-4-8(33)5-7-32-10(35)12(19,20)14(23,24)16(28,29)30/h8,33H,1-7H2,(H,31,34)(H,32,35). The number of carbonyl (C=O) groups is 2. The number of amides is 2. The summed E-state index contributed by atoms with van der Waals surface area (Å²) < 4.78 is 175. The van der Waals surface area contributed by atoms with Gasteiger partial charge < -0.3 is 15.7 Å². The van der Waals surface area contributed by atoms with E-state index in [4.69, 9.17) is 0 Å². The van der Waals surface area contributed by atoms with Crippen LogP contribution in [0.2, 0.25) is 0 Å². The molecule has 0 heterocycles. The summed E-state index contributed by atoms with van der Waals surface area (Å²) in [7, 11) is 0. The van der Waals surface area contributed by atoms with E-state index in [1.54, 1.807) is 0 Å². The van der Waals surface area contributed by atoms with Gasteiger partial charge in [0.2, 0.25) is 0 Å². The Balaban J connectivity index is 4.34. The number of nitrogens with one attached hydrogen (secondary N) is 2. The second-order valence-corrected chi connectivity index (χ2v) is 7.10. The van der Waals surface area contributed by atoms with Crippen LogP contribution in [-0.4, -0.2) is 72.2 Å². The molecule has 3 N–H and O–H groups in total. The van der Waals surface area contributed by atoms with E-state index < -0.39 is 73.5 Å². The Kier molecular flexibility index (Phi) is 10.6. The fourth-order valence-electron chi connectivity index (χ4n) is 2.24. The molecule has 19 heteroatoms. The van der Waals surface area contributed by atoms with Crippen LogP contribution in [0.4, 0.5) is 61.5 Å². The minimum absolute atomic E-state index is 0.0254. The van der Waals surface area contributed by atoms with Crippen LogP contribution < -0.4 is 10.6 Å². The SMILES string of the molecule is O=C(NCCCCCC(O)CCNC(=O)C(F)(F)C(F)(F)C(F)(F)F)C(F)(F)C(F)(F)C(F)(F)F. The molecule has 0 radical (unpaired) electrons. The summed E-state index contributed by atoms with van der Waals surface area (Å²) in [5.41, 5.74) is 0. The second kappa shape index (κ2) is 11.3. The molecule has 1 unspecified atom stereocenters. The zero-order valence-corrected chi connectivity index (χ0v) is 17.1. The lowest BCUT2D eigenvalue weighted by Gasteiger charge is -2.27. The number of unbranched alkanes of at least 4 members (excludes halogenated alkanes) is 2. The molecule has 0 saturated carbocycles. The highest BCUT2D eigenvalue weighted by molar-refractivity contribution is 5.85. The van der Waals surface area contributed by atoms with Crippen molar-refractivity contribution >= 4 is 11.8 Å². The number of hydrogen-bond donors (Lipinski definition) is 3. The van der Waals surface area contributed by atoms with Gasteiger partial charge in [0.25, 0.3) is 11.8 Å². The summed E-state index contributed by atoms with van der Waals surface area (Å²) in [6.45, 7) is -1.71. The zero-order valence-electron chi connectivity index (χ0n) is 17.1. The zero-order chi connectivity index (χ0) is 28.1. The van der Waals surface area contributed by atoms with E-state index in [1.807, 2.05) is 0 Å². The topological polar surface area (TPSA) is 78.4 Å². The quantitative estimate of drug-likeness (QED) is 0.237. The highest BCUT2D eigenvalue weighted by Crippen LogP contribution is 2.47. The number of aliphatic hydroxyl groups is 1. The molecule has 0 aromatic rings. The monoisotopic (exact) mass is 552 g/mol. The third-order valence-electron chi connectivity index (χ3n) is 4.33. The van der Waals surface area contributed by atoms with Gasteiger partial charge in [-0.2, -0.15) is 61.5 Å². The number of rotatable bonds is 13. The summed E-state index contributed by atoms with van der Waals surface area (Å²) in [5, 5.41) is 11.8. The molecule has 208 valence electrons. The molecule has 0 spiro atoms. The van der Waals surface area contributed by atoms with E-state index in [2.05, 4.69) is 0 Å². The van der Waals surface area contributed by atoms with Crippen molar-refractivity contribution in [3.8, 4) is 0 Å². The van der Waals surface area contributed by atoms with Crippen LogP contribution >= 0.6 is 0 Å². The summed E-state index contributed by atoms with van der Waals surface area (Å²) in [6, 6.07) is 0. The maximum atomic E-state index is 13.1. The van der Waals surface area contributed by atoms with Crippen molar-refractivity contribution in [3.63, 3.8) is 0 Å². The average Bonchev–Trinajstić information content (AvgIpc) is 2.68. The molecule has 0 aliphatic rings. The Hall–Kier alpha value is -2.08. The van der Waals surface area contributed by atoms with Gasteiger partial charge in [-0.15, -0.1) is 0 Å². The van der Waals surface area contributed by atoms with Gasteiger partial charge >= 0.3 is 36.0 Å². The van der Waals surface area contributed by atoms with Crippen LogP contribution in [0.5, 0.6) is 0 Å². The summed E-state index contributed by atoms with van der Waals surface area (Å²) in [5.74, 6) is -31.4. The molecule has 0 bridgehead atoms. The van der Waals surface area contributed by atoms with E-state index >= 15 is 0 Å². The molecule has 0 rings (SSSR count). The Morgan fingerprint density at radius 3 is 1.31 bits per heavy atom. The van der Waals surface area contributed by atoms with E-state index in [9.17, 15) is 76.2 Å². The molecule has 1 atom stereocenters. The fourth-order valence-corrected chi connectivity index (χ4v) is 2.24. The molecular weight excluding hydrogens is 534 g/mol. The first-order valence-electron chi connectivity index (χ1n) is 9.34. The Morgan fingerprint density at radius 1 is 0.571 bits per heavy atom. The van der Waals surface area contributed by atoms with Gasteiger partial charge in [-0.3, -0.25) is 9.59 Å². The average molecular weight is 552 g/mol. The lowest BCUT2D eigenvalue weighted by molar-refractivity contribution is -0.344. The molecule has 0 aromatic heterocycles. The Bertz CT molecular complexity index is 721. The van der Waals surface area contributed by atoms with Gasteiger partial charge in [-0.25, -0.2) is 0 Å². The minimum Gasteiger partial charge on any atom is -0.393 e. The van der Waals surface area contributed by atoms with E-state index in [1.165, 1.54) is 5.32 Å². The van der Waals surface area contributed by atoms with Crippen molar-refractivity contribution in [2.24, 2.45) is 0 Å². The molecule has 35 heavy (non-hydrogen) atoms. The van der Waals surface area contributed by atoms with Crippen LogP contribution in [-0.2, 0) is 9.59 Å². The van der Waals surface area contributed by atoms with Crippen molar-refractivity contribution < 1.29 is 76.2 Å². The molecule has 0 fully saturated rings. The molecule has 2 amide bonds. The van der Waals surface area contributed by atoms with Gasteiger partial charge in [0.15, 0.2) is 0 Å². The third-order valence-corrected chi connectivity index (χ3v) is 4.33. The predicted octanol–water partition coefficient (Wildman–Crippen LogP) is 4.20. The normalized spacial score (nSPS) is 15.1. The number of halogens is 14. The summed E-state index contributed by atoms with van der Waals surface area (Å²) in [4.78, 5) is 22.0. The number of alkyl halides is 14. The van der Waals surface area contributed by atoms with Crippen LogP contribution in [0.3, 0.4) is 0 Å². The van der Waals surface area contributed by atoms with Crippen molar-refractivity contribution in [1.82, 2.24) is 10.6 Å². The lowest BCUT2D eigenvalue weighted by atomic mass is 10.1. The highest BCUT2D eigenvalue weighted by Gasteiger charge is 2.77. The van der Waals surface area contributed by atoms with Crippen molar-refractivity contribution in [2.75, 3.05) is 13.1 Å². The van der Waals surface area contributed by atoms with Gasteiger partial charge in [0, 0.05) is 13.1 Å².